The van der Waals surface area contributed by atoms with Crippen molar-refractivity contribution in [2.24, 2.45) is 0 Å². The molecule has 1 heterocycles. The Morgan fingerprint density at radius 2 is 1.95 bits per heavy atom. The number of benzene rings is 2. The lowest BCUT2D eigenvalue weighted by Gasteiger charge is -2.08. The minimum Gasteiger partial charge on any atom is -0.508 e. The normalized spacial score (nSPS) is 10.5. The van der Waals surface area contributed by atoms with Gasteiger partial charge in [-0.05, 0) is 30.3 Å². The molecule has 3 aromatic rings. The van der Waals surface area contributed by atoms with E-state index in [0.717, 1.165) is 16.6 Å². The monoisotopic (exact) mass is 252 g/mol. The summed E-state index contributed by atoms with van der Waals surface area (Å²) in [5, 5.41) is 13.4. The lowest BCUT2D eigenvalue weighted by Crippen LogP contribution is -1.96. The Balaban J connectivity index is 2.07. The van der Waals surface area contributed by atoms with E-state index < -0.39 is 0 Å². The van der Waals surface area contributed by atoms with Crippen LogP contribution in [0.5, 0.6) is 5.75 Å². The van der Waals surface area contributed by atoms with Crippen LogP contribution >= 0.6 is 0 Å². The van der Waals surface area contributed by atoms with Crippen LogP contribution < -0.4 is 11.1 Å². The van der Waals surface area contributed by atoms with Gasteiger partial charge in [0.2, 0.25) is 0 Å². The third-order valence-electron chi connectivity index (χ3n) is 2.77. The molecule has 4 N–H and O–H groups in total. The van der Waals surface area contributed by atoms with Crippen LogP contribution in [0.2, 0.25) is 0 Å². The molecule has 0 amide bonds. The predicted molar refractivity (Wildman–Crippen MR) is 75.3 cm³/mol. The first-order valence-corrected chi connectivity index (χ1v) is 5.79. The van der Waals surface area contributed by atoms with Gasteiger partial charge < -0.3 is 16.2 Å². The average Bonchev–Trinajstić information content (AvgIpc) is 2.39. The zero-order chi connectivity index (χ0) is 13.2. The molecular weight excluding hydrogens is 240 g/mol. The van der Waals surface area contributed by atoms with Gasteiger partial charge in [-0.15, -0.1) is 0 Å². The largest absolute Gasteiger partial charge is 0.508 e. The second-order valence-electron chi connectivity index (χ2n) is 4.17. The van der Waals surface area contributed by atoms with Crippen molar-refractivity contribution in [1.82, 2.24) is 9.97 Å². The molecule has 0 atom stereocenters. The number of aromatic hydroxyl groups is 1. The third-order valence-corrected chi connectivity index (χ3v) is 2.77. The van der Waals surface area contributed by atoms with E-state index in [-0.39, 0.29) is 5.75 Å². The zero-order valence-corrected chi connectivity index (χ0v) is 10.0. The fourth-order valence-corrected chi connectivity index (χ4v) is 1.89. The number of aromatic nitrogens is 2. The van der Waals surface area contributed by atoms with Crippen LogP contribution in [0.4, 0.5) is 17.2 Å². The van der Waals surface area contributed by atoms with Gasteiger partial charge in [0.15, 0.2) is 0 Å². The number of nitrogen functional groups attached to an aromatic ring is 1. The second kappa shape index (κ2) is 4.45. The predicted octanol–water partition coefficient (Wildman–Crippen LogP) is 2.66. The summed E-state index contributed by atoms with van der Waals surface area (Å²) in [6.45, 7) is 0. The second-order valence-corrected chi connectivity index (χ2v) is 4.17. The zero-order valence-electron chi connectivity index (χ0n) is 10.0. The lowest BCUT2D eigenvalue weighted by atomic mass is 10.2. The van der Waals surface area contributed by atoms with E-state index in [1.54, 1.807) is 24.3 Å². The van der Waals surface area contributed by atoms with E-state index in [1.807, 2.05) is 18.2 Å². The minimum absolute atomic E-state index is 0.197. The number of nitrogens with zero attached hydrogens (tertiary/aromatic N) is 2. The topological polar surface area (TPSA) is 84.1 Å². The molecule has 0 unspecified atom stereocenters. The Morgan fingerprint density at radius 1 is 1.05 bits per heavy atom. The molecule has 0 spiro atoms. The molecule has 0 saturated heterocycles. The summed E-state index contributed by atoms with van der Waals surface area (Å²) < 4.78 is 0. The number of hydrogen-bond donors (Lipinski definition) is 3. The molecule has 2 aromatic carbocycles. The number of rotatable bonds is 2. The number of phenols is 1. The van der Waals surface area contributed by atoms with Gasteiger partial charge in [0.05, 0.1) is 5.52 Å². The van der Waals surface area contributed by atoms with Crippen LogP contribution in [-0.2, 0) is 0 Å². The van der Waals surface area contributed by atoms with Gasteiger partial charge >= 0.3 is 0 Å². The van der Waals surface area contributed by atoms with Crippen molar-refractivity contribution in [3.8, 4) is 5.75 Å². The SMILES string of the molecule is Nc1ccc2ncnc(Nc3cccc(O)c3)c2c1. The maximum Gasteiger partial charge on any atom is 0.141 e. The summed E-state index contributed by atoms with van der Waals surface area (Å²) >= 11 is 0. The summed E-state index contributed by atoms with van der Waals surface area (Å²) in [7, 11) is 0. The van der Waals surface area contributed by atoms with Crippen LogP contribution in [0.15, 0.2) is 48.8 Å². The van der Waals surface area contributed by atoms with Crippen molar-refractivity contribution in [3.05, 3.63) is 48.8 Å². The maximum atomic E-state index is 9.46. The van der Waals surface area contributed by atoms with E-state index in [9.17, 15) is 5.11 Å². The summed E-state index contributed by atoms with van der Waals surface area (Å²) in [6, 6.07) is 12.3. The Hall–Kier alpha value is -2.82. The Morgan fingerprint density at radius 3 is 2.79 bits per heavy atom. The highest BCUT2D eigenvalue weighted by Gasteiger charge is 2.04. The fourth-order valence-electron chi connectivity index (χ4n) is 1.89. The van der Waals surface area contributed by atoms with Crippen LogP contribution in [-0.4, -0.2) is 15.1 Å². The molecule has 3 rings (SSSR count). The van der Waals surface area contributed by atoms with E-state index in [2.05, 4.69) is 15.3 Å². The lowest BCUT2D eigenvalue weighted by molar-refractivity contribution is 0.475. The molecular formula is C14H12N4O. The van der Waals surface area contributed by atoms with E-state index in [4.69, 9.17) is 5.73 Å². The molecule has 0 radical (unpaired) electrons. The molecule has 0 aliphatic rings. The highest BCUT2D eigenvalue weighted by atomic mass is 16.3. The Kier molecular flexibility index (Phi) is 2.64. The minimum atomic E-state index is 0.197. The van der Waals surface area contributed by atoms with E-state index in [1.165, 1.54) is 6.33 Å². The molecule has 0 bridgehead atoms. The molecule has 1 aromatic heterocycles. The van der Waals surface area contributed by atoms with Gasteiger partial charge in [-0.3, -0.25) is 0 Å². The van der Waals surface area contributed by atoms with Crippen molar-refractivity contribution < 1.29 is 5.11 Å². The highest BCUT2D eigenvalue weighted by Crippen LogP contribution is 2.25. The molecule has 19 heavy (non-hydrogen) atoms. The van der Waals surface area contributed by atoms with Crippen molar-refractivity contribution in [3.63, 3.8) is 0 Å². The first-order chi connectivity index (χ1) is 9.22. The Bertz CT molecular complexity index is 742. The smallest absolute Gasteiger partial charge is 0.141 e. The number of phenolic OH excluding ortho intramolecular Hbond substituents is 1. The molecule has 5 heteroatoms. The van der Waals surface area contributed by atoms with Gasteiger partial charge in [-0.2, -0.15) is 0 Å². The van der Waals surface area contributed by atoms with Crippen molar-refractivity contribution >= 4 is 28.1 Å². The standard InChI is InChI=1S/C14H12N4O/c15-9-4-5-13-12(6-9)14(17-8-16-13)18-10-2-1-3-11(19)7-10/h1-8,19H,15H2,(H,16,17,18). The van der Waals surface area contributed by atoms with E-state index >= 15 is 0 Å². The summed E-state index contributed by atoms with van der Waals surface area (Å²) in [5.74, 6) is 0.853. The van der Waals surface area contributed by atoms with Gasteiger partial charge in [0.25, 0.3) is 0 Å². The number of fused-ring (bicyclic) bond motifs is 1. The first-order valence-electron chi connectivity index (χ1n) is 5.79. The van der Waals surface area contributed by atoms with E-state index in [0.29, 0.717) is 11.5 Å². The molecule has 0 aliphatic carbocycles. The Labute approximate surface area is 109 Å². The van der Waals surface area contributed by atoms with Gasteiger partial charge in [-0.1, -0.05) is 6.07 Å². The maximum absolute atomic E-state index is 9.46. The summed E-state index contributed by atoms with van der Waals surface area (Å²) in [6.07, 6.45) is 1.49. The molecule has 0 fully saturated rings. The van der Waals surface area contributed by atoms with Crippen LogP contribution in [0, 0.1) is 0 Å². The third kappa shape index (κ3) is 2.26. The highest BCUT2D eigenvalue weighted by molar-refractivity contribution is 5.92. The number of nitrogens with one attached hydrogen (secondary N) is 1. The van der Waals surface area contributed by atoms with Crippen LogP contribution in [0.25, 0.3) is 10.9 Å². The van der Waals surface area contributed by atoms with Crippen molar-refractivity contribution in [1.29, 1.82) is 0 Å². The summed E-state index contributed by atoms with van der Waals surface area (Å²) in [4.78, 5) is 8.40. The number of anilines is 3. The van der Waals surface area contributed by atoms with Crippen LogP contribution in [0.3, 0.4) is 0 Å². The summed E-state index contributed by atoms with van der Waals surface area (Å²) in [5.41, 5.74) is 8.01. The molecule has 0 aliphatic heterocycles. The molecule has 5 nitrogen and oxygen atoms in total. The molecule has 94 valence electrons. The fraction of sp³-hybridized carbons (Fsp3) is 0. The number of nitrogens with two attached hydrogens (primary N) is 1. The van der Waals surface area contributed by atoms with Crippen LogP contribution in [0.1, 0.15) is 0 Å². The van der Waals surface area contributed by atoms with Crippen molar-refractivity contribution in [2.75, 3.05) is 11.1 Å². The van der Waals surface area contributed by atoms with Gasteiger partial charge in [-0.25, -0.2) is 9.97 Å². The molecule has 0 saturated carbocycles. The first kappa shape index (κ1) is 11.3. The van der Waals surface area contributed by atoms with Gasteiger partial charge in [0, 0.05) is 22.8 Å². The van der Waals surface area contributed by atoms with Gasteiger partial charge in [0.1, 0.15) is 17.9 Å². The number of hydrogen-bond acceptors (Lipinski definition) is 5. The average molecular weight is 252 g/mol. The quantitative estimate of drug-likeness (QED) is 0.611. The van der Waals surface area contributed by atoms with Crippen molar-refractivity contribution in [2.45, 2.75) is 0 Å².